The molecule has 1 atom stereocenters. The Kier molecular flexibility index (Phi) is 4.44. The van der Waals surface area contributed by atoms with Crippen molar-refractivity contribution in [1.29, 1.82) is 0 Å². The lowest BCUT2D eigenvalue weighted by Gasteiger charge is -2.16. The van der Waals surface area contributed by atoms with Gasteiger partial charge in [0.25, 0.3) is 0 Å². The average Bonchev–Trinajstić information content (AvgIpc) is 2.22. The lowest BCUT2D eigenvalue weighted by Crippen LogP contribution is -2.07. The Morgan fingerprint density at radius 1 is 1.38 bits per heavy atom. The number of aliphatic hydroxyl groups is 1. The van der Waals surface area contributed by atoms with Crippen molar-refractivity contribution in [3.05, 3.63) is 22.2 Å². The summed E-state index contributed by atoms with van der Waals surface area (Å²) in [4.78, 5) is 0. The van der Waals surface area contributed by atoms with Gasteiger partial charge in [-0.25, -0.2) is 0 Å². The molecular formula is C12H17ClO3. The molecule has 1 N–H and O–H groups in total. The fourth-order valence-corrected chi connectivity index (χ4v) is 2.08. The number of halogens is 1. The molecule has 1 unspecified atom stereocenters. The zero-order chi connectivity index (χ0) is 12.3. The van der Waals surface area contributed by atoms with Gasteiger partial charge in [-0.2, -0.15) is 0 Å². The molecule has 0 saturated carbocycles. The normalized spacial score (nSPS) is 12.4. The molecule has 1 aromatic carbocycles. The molecule has 0 saturated heterocycles. The van der Waals surface area contributed by atoms with Gasteiger partial charge >= 0.3 is 0 Å². The summed E-state index contributed by atoms with van der Waals surface area (Å²) in [5.74, 6) is 1.32. The summed E-state index contributed by atoms with van der Waals surface area (Å²) in [6.45, 7) is 3.61. The first-order valence-electron chi connectivity index (χ1n) is 5.09. The minimum Gasteiger partial charge on any atom is -0.496 e. The average molecular weight is 245 g/mol. The number of ether oxygens (including phenoxy) is 2. The molecule has 1 aromatic rings. The van der Waals surface area contributed by atoms with Crippen LogP contribution in [0.3, 0.4) is 0 Å². The van der Waals surface area contributed by atoms with Crippen LogP contribution in [0.5, 0.6) is 11.5 Å². The van der Waals surface area contributed by atoms with Crippen LogP contribution >= 0.6 is 11.6 Å². The molecule has 16 heavy (non-hydrogen) atoms. The SMILES string of the molecule is COc1cc(C)c(OC)c(Cl)c1CC(C)O. The highest BCUT2D eigenvalue weighted by Gasteiger charge is 2.17. The van der Waals surface area contributed by atoms with E-state index in [0.29, 0.717) is 22.9 Å². The van der Waals surface area contributed by atoms with Crippen molar-refractivity contribution >= 4 is 11.6 Å². The summed E-state index contributed by atoms with van der Waals surface area (Å²) >= 11 is 6.23. The summed E-state index contributed by atoms with van der Waals surface area (Å²) in [6, 6.07) is 1.86. The summed E-state index contributed by atoms with van der Waals surface area (Å²) in [6.07, 6.45) is -0.0302. The van der Waals surface area contributed by atoms with E-state index in [9.17, 15) is 5.11 Å². The molecule has 4 heteroatoms. The fraction of sp³-hybridized carbons (Fsp3) is 0.500. The monoisotopic (exact) mass is 244 g/mol. The van der Waals surface area contributed by atoms with Gasteiger partial charge in [0.1, 0.15) is 11.5 Å². The van der Waals surface area contributed by atoms with Gasteiger partial charge in [-0.15, -0.1) is 0 Å². The molecule has 0 spiro atoms. The van der Waals surface area contributed by atoms with Gasteiger partial charge in [0.05, 0.1) is 25.3 Å². The number of aliphatic hydroxyl groups excluding tert-OH is 1. The standard InChI is InChI=1S/C12H17ClO3/c1-7-5-10(15-3)9(6-8(2)14)11(13)12(7)16-4/h5,8,14H,6H2,1-4H3. The van der Waals surface area contributed by atoms with Crippen molar-refractivity contribution in [2.45, 2.75) is 26.4 Å². The van der Waals surface area contributed by atoms with Gasteiger partial charge in [0.2, 0.25) is 0 Å². The predicted molar refractivity (Wildman–Crippen MR) is 64.7 cm³/mol. The van der Waals surface area contributed by atoms with Crippen molar-refractivity contribution in [2.75, 3.05) is 14.2 Å². The highest BCUT2D eigenvalue weighted by molar-refractivity contribution is 6.33. The Balaban J connectivity index is 3.31. The number of hydrogen-bond donors (Lipinski definition) is 1. The molecule has 0 aliphatic heterocycles. The second-order valence-corrected chi connectivity index (χ2v) is 4.15. The molecular weight excluding hydrogens is 228 g/mol. The first-order valence-corrected chi connectivity index (χ1v) is 5.47. The van der Waals surface area contributed by atoms with Crippen LogP contribution in [0.25, 0.3) is 0 Å². The molecule has 90 valence electrons. The maximum Gasteiger partial charge on any atom is 0.140 e. The molecule has 3 nitrogen and oxygen atoms in total. The molecule has 0 fully saturated rings. The number of hydrogen-bond acceptors (Lipinski definition) is 3. The first kappa shape index (κ1) is 13.1. The van der Waals surface area contributed by atoms with E-state index in [2.05, 4.69) is 0 Å². The molecule has 0 aromatic heterocycles. The third-order valence-electron chi connectivity index (χ3n) is 2.39. The van der Waals surface area contributed by atoms with E-state index in [-0.39, 0.29) is 0 Å². The van der Waals surface area contributed by atoms with Crippen molar-refractivity contribution in [2.24, 2.45) is 0 Å². The summed E-state index contributed by atoms with van der Waals surface area (Å²) in [7, 11) is 3.16. The van der Waals surface area contributed by atoms with Gasteiger partial charge in [0, 0.05) is 12.0 Å². The minimum absolute atomic E-state index is 0.443. The van der Waals surface area contributed by atoms with Crippen LogP contribution in [0.15, 0.2) is 6.07 Å². The molecule has 0 aliphatic rings. The maximum atomic E-state index is 9.43. The zero-order valence-corrected chi connectivity index (χ0v) is 10.8. The third kappa shape index (κ3) is 2.60. The predicted octanol–water partition coefficient (Wildman–Crippen LogP) is 2.59. The Morgan fingerprint density at radius 2 is 2.00 bits per heavy atom. The minimum atomic E-state index is -0.473. The van der Waals surface area contributed by atoms with Crippen LogP contribution in [0.4, 0.5) is 0 Å². The fourth-order valence-electron chi connectivity index (χ4n) is 1.69. The summed E-state index contributed by atoms with van der Waals surface area (Å²) < 4.78 is 10.5. The van der Waals surface area contributed by atoms with E-state index in [1.807, 2.05) is 13.0 Å². The molecule has 0 bridgehead atoms. The number of aryl methyl sites for hydroxylation is 1. The first-order chi connectivity index (χ1) is 7.51. The van der Waals surface area contributed by atoms with E-state index in [1.54, 1.807) is 21.1 Å². The largest absolute Gasteiger partial charge is 0.496 e. The van der Waals surface area contributed by atoms with Crippen LogP contribution in [0.2, 0.25) is 5.02 Å². The van der Waals surface area contributed by atoms with E-state index in [4.69, 9.17) is 21.1 Å². The number of methoxy groups -OCH3 is 2. The van der Waals surface area contributed by atoms with E-state index in [1.165, 1.54) is 0 Å². The summed E-state index contributed by atoms with van der Waals surface area (Å²) in [5.41, 5.74) is 1.69. The van der Waals surface area contributed by atoms with Crippen molar-refractivity contribution in [3.63, 3.8) is 0 Å². The van der Waals surface area contributed by atoms with Gasteiger partial charge in [-0.3, -0.25) is 0 Å². The maximum absolute atomic E-state index is 9.43. The lowest BCUT2D eigenvalue weighted by atomic mass is 10.0. The molecule has 1 rings (SSSR count). The number of benzene rings is 1. The van der Waals surface area contributed by atoms with E-state index in [0.717, 1.165) is 11.1 Å². The van der Waals surface area contributed by atoms with Crippen LogP contribution < -0.4 is 9.47 Å². The van der Waals surface area contributed by atoms with Crippen molar-refractivity contribution in [1.82, 2.24) is 0 Å². The number of rotatable bonds is 4. The smallest absolute Gasteiger partial charge is 0.140 e. The van der Waals surface area contributed by atoms with E-state index < -0.39 is 6.10 Å². The van der Waals surface area contributed by atoms with Gasteiger partial charge in [-0.1, -0.05) is 11.6 Å². The molecule has 0 radical (unpaired) electrons. The third-order valence-corrected chi connectivity index (χ3v) is 2.79. The van der Waals surface area contributed by atoms with Crippen LogP contribution in [0, 0.1) is 6.92 Å². The van der Waals surface area contributed by atoms with Crippen molar-refractivity contribution < 1.29 is 14.6 Å². The topological polar surface area (TPSA) is 38.7 Å². The Labute approximate surface area is 101 Å². The van der Waals surface area contributed by atoms with Crippen molar-refractivity contribution in [3.8, 4) is 11.5 Å². The van der Waals surface area contributed by atoms with Gasteiger partial charge < -0.3 is 14.6 Å². The Hall–Kier alpha value is -0.930. The summed E-state index contributed by atoms with van der Waals surface area (Å²) in [5, 5.41) is 9.94. The van der Waals surface area contributed by atoms with Gasteiger partial charge in [-0.05, 0) is 25.5 Å². The second-order valence-electron chi connectivity index (χ2n) is 3.77. The lowest BCUT2D eigenvalue weighted by molar-refractivity contribution is 0.194. The molecule has 0 amide bonds. The highest BCUT2D eigenvalue weighted by Crippen LogP contribution is 2.38. The quantitative estimate of drug-likeness (QED) is 0.885. The molecule has 0 aliphatic carbocycles. The Bertz CT molecular complexity index is 375. The van der Waals surface area contributed by atoms with Crippen LogP contribution in [-0.4, -0.2) is 25.4 Å². The van der Waals surface area contributed by atoms with Gasteiger partial charge in [0.15, 0.2) is 0 Å². The Morgan fingerprint density at radius 3 is 2.44 bits per heavy atom. The highest BCUT2D eigenvalue weighted by atomic mass is 35.5. The second kappa shape index (κ2) is 5.41. The molecule has 0 heterocycles. The van der Waals surface area contributed by atoms with Crippen LogP contribution in [0.1, 0.15) is 18.1 Å². The van der Waals surface area contributed by atoms with E-state index >= 15 is 0 Å². The zero-order valence-electron chi connectivity index (χ0n) is 10.0. The van der Waals surface area contributed by atoms with Crippen LogP contribution in [-0.2, 0) is 6.42 Å².